The van der Waals surface area contributed by atoms with Crippen LogP contribution in [0.15, 0.2) is 69.8 Å². The van der Waals surface area contributed by atoms with Crippen LogP contribution in [0.25, 0.3) is 0 Å². The number of hydrogen-bond donors (Lipinski definition) is 0. The van der Waals surface area contributed by atoms with E-state index < -0.39 is 0 Å². The normalized spacial score (nSPS) is 11.2. The molecule has 2 rings (SSSR count). The molecule has 124 valence electrons. The van der Waals surface area contributed by atoms with Gasteiger partial charge in [0.1, 0.15) is 5.04 Å². The number of nitrogens with zero attached hydrogens (tertiary/aromatic N) is 3. The summed E-state index contributed by atoms with van der Waals surface area (Å²) in [5, 5.41) is 1.06. The lowest BCUT2D eigenvalue weighted by Crippen LogP contribution is -2.25. The van der Waals surface area contributed by atoms with E-state index in [2.05, 4.69) is 16.1 Å². The molecule has 0 aliphatic carbocycles. The molecule has 0 aliphatic rings. The van der Waals surface area contributed by atoms with E-state index >= 15 is 0 Å². The Kier molecular flexibility index (Phi) is 6.90. The fourth-order valence-electron chi connectivity index (χ4n) is 1.83. The Balaban J connectivity index is 2.09. The summed E-state index contributed by atoms with van der Waals surface area (Å²) in [6.45, 7) is 3.95. The third-order valence-corrected chi connectivity index (χ3v) is 5.26. The van der Waals surface area contributed by atoms with Gasteiger partial charge < -0.3 is 4.90 Å². The van der Waals surface area contributed by atoms with E-state index in [1.165, 1.54) is 16.7 Å². The standard InChI is InChI=1S/C17H16ClN3OS2/c1-12(24-16(20-18)14-5-4-10-19-11-14)21(2)17(22)13-6-8-15(23-3)9-7-13/h4-11H,1H2,2-3H3/b20-16-. The van der Waals surface area contributed by atoms with Crippen molar-refractivity contribution in [2.75, 3.05) is 13.3 Å². The maximum absolute atomic E-state index is 12.6. The quantitative estimate of drug-likeness (QED) is 0.431. The van der Waals surface area contributed by atoms with Crippen LogP contribution in [0.1, 0.15) is 15.9 Å². The van der Waals surface area contributed by atoms with Crippen molar-refractivity contribution in [1.82, 2.24) is 9.88 Å². The Morgan fingerprint density at radius 3 is 2.50 bits per heavy atom. The third kappa shape index (κ3) is 4.63. The number of aromatic nitrogens is 1. The van der Waals surface area contributed by atoms with E-state index in [1.807, 2.05) is 24.5 Å². The highest BCUT2D eigenvalue weighted by atomic mass is 35.5. The molecule has 0 N–H and O–H groups in total. The van der Waals surface area contributed by atoms with Gasteiger partial charge in [0, 0.05) is 47.2 Å². The lowest BCUT2D eigenvalue weighted by atomic mass is 10.2. The van der Waals surface area contributed by atoms with Crippen molar-refractivity contribution in [1.29, 1.82) is 0 Å². The van der Waals surface area contributed by atoms with Gasteiger partial charge in [-0.05, 0) is 42.7 Å². The van der Waals surface area contributed by atoms with Crippen molar-refractivity contribution in [2.45, 2.75) is 4.90 Å². The van der Waals surface area contributed by atoms with Crippen LogP contribution >= 0.6 is 35.3 Å². The van der Waals surface area contributed by atoms with Crippen molar-refractivity contribution >= 4 is 46.3 Å². The number of pyridine rings is 1. The summed E-state index contributed by atoms with van der Waals surface area (Å²) < 4.78 is 3.75. The molecule has 0 fully saturated rings. The highest BCUT2D eigenvalue weighted by Gasteiger charge is 2.17. The van der Waals surface area contributed by atoms with E-state index in [-0.39, 0.29) is 5.91 Å². The highest BCUT2D eigenvalue weighted by molar-refractivity contribution is 8.17. The van der Waals surface area contributed by atoms with Crippen LogP contribution in [-0.2, 0) is 0 Å². The lowest BCUT2D eigenvalue weighted by molar-refractivity contribution is 0.0846. The Bertz CT molecular complexity index is 748. The first kappa shape index (κ1) is 18.6. The molecule has 7 heteroatoms. The fraction of sp³-hybridized carbons (Fsp3) is 0.118. The topological polar surface area (TPSA) is 45.6 Å². The Morgan fingerprint density at radius 2 is 1.96 bits per heavy atom. The van der Waals surface area contributed by atoms with E-state index in [4.69, 9.17) is 11.8 Å². The van der Waals surface area contributed by atoms with E-state index in [9.17, 15) is 4.79 Å². The number of amides is 1. The summed E-state index contributed by atoms with van der Waals surface area (Å²) in [5.74, 6) is -0.139. The molecule has 1 aromatic carbocycles. The zero-order valence-corrected chi connectivity index (χ0v) is 15.7. The van der Waals surface area contributed by atoms with Crippen LogP contribution in [0.5, 0.6) is 0 Å². The number of carbonyl (C=O) groups excluding carboxylic acids is 1. The van der Waals surface area contributed by atoms with Crippen molar-refractivity contribution < 1.29 is 4.79 Å². The summed E-state index contributed by atoms with van der Waals surface area (Å²) >= 11 is 8.52. The smallest absolute Gasteiger partial charge is 0.258 e. The van der Waals surface area contributed by atoms with Gasteiger partial charge in [0.05, 0.1) is 5.03 Å². The van der Waals surface area contributed by atoms with E-state index in [1.54, 1.807) is 49.4 Å². The monoisotopic (exact) mass is 377 g/mol. The van der Waals surface area contributed by atoms with Gasteiger partial charge in [-0.2, -0.15) is 4.51 Å². The van der Waals surface area contributed by atoms with E-state index in [0.29, 0.717) is 15.6 Å². The Hall–Kier alpha value is -1.76. The molecule has 0 spiro atoms. The summed E-state index contributed by atoms with van der Waals surface area (Å²) in [4.78, 5) is 19.2. The molecule has 24 heavy (non-hydrogen) atoms. The summed E-state index contributed by atoms with van der Waals surface area (Å²) in [5.41, 5.74) is 1.37. The minimum atomic E-state index is -0.139. The molecule has 0 unspecified atom stereocenters. The molecule has 1 amide bonds. The first-order valence-corrected chi connectivity index (χ1v) is 9.33. The van der Waals surface area contributed by atoms with Gasteiger partial charge in [0.2, 0.25) is 0 Å². The van der Waals surface area contributed by atoms with Crippen LogP contribution in [0, 0.1) is 0 Å². The van der Waals surface area contributed by atoms with Crippen LogP contribution < -0.4 is 0 Å². The molecule has 1 heterocycles. The highest BCUT2D eigenvalue weighted by Crippen LogP contribution is 2.25. The van der Waals surface area contributed by atoms with Crippen LogP contribution in [0.2, 0.25) is 0 Å². The predicted octanol–water partition coefficient (Wildman–Crippen LogP) is 4.68. The molecule has 0 radical (unpaired) electrons. The van der Waals surface area contributed by atoms with Crippen LogP contribution in [0.3, 0.4) is 0 Å². The second-order valence-corrected chi connectivity index (χ2v) is 6.83. The van der Waals surface area contributed by atoms with Gasteiger partial charge in [0.25, 0.3) is 5.91 Å². The van der Waals surface area contributed by atoms with Crippen molar-refractivity contribution in [3.63, 3.8) is 0 Å². The van der Waals surface area contributed by atoms with Crippen LogP contribution in [0.4, 0.5) is 0 Å². The van der Waals surface area contributed by atoms with Gasteiger partial charge in [-0.3, -0.25) is 9.78 Å². The average Bonchev–Trinajstić information content (AvgIpc) is 2.65. The molecule has 1 aromatic heterocycles. The molecule has 0 bridgehead atoms. The minimum Gasteiger partial charge on any atom is -0.306 e. The van der Waals surface area contributed by atoms with Gasteiger partial charge >= 0.3 is 0 Å². The third-order valence-electron chi connectivity index (χ3n) is 3.22. The molecular weight excluding hydrogens is 362 g/mol. The molecule has 0 atom stereocenters. The number of hydrogen-bond acceptors (Lipinski definition) is 5. The minimum absolute atomic E-state index is 0.139. The van der Waals surface area contributed by atoms with Crippen molar-refractivity contribution in [3.05, 3.63) is 71.5 Å². The molecule has 0 saturated heterocycles. The van der Waals surface area contributed by atoms with Gasteiger partial charge in [0.15, 0.2) is 0 Å². The first-order chi connectivity index (χ1) is 11.6. The van der Waals surface area contributed by atoms with Gasteiger partial charge in [-0.25, -0.2) is 0 Å². The maximum Gasteiger partial charge on any atom is 0.258 e. The number of rotatable bonds is 5. The second-order valence-electron chi connectivity index (χ2n) is 4.72. The number of benzene rings is 1. The Morgan fingerprint density at radius 1 is 1.25 bits per heavy atom. The first-order valence-electron chi connectivity index (χ1n) is 6.95. The van der Waals surface area contributed by atoms with Crippen molar-refractivity contribution in [3.8, 4) is 0 Å². The van der Waals surface area contributed by atoms with E-state index in [0.717, 1.165) is 10.5 Å². The predicted molar refractivity (Wildman–Crippen MR) is 104 cm³/mol. The summed E-state index contributed by atoms with van der Waals surface area (Å²) in [7, 11) is 1.68. The molecule has 0 aliphatic heterocycles. The van der Waals surface area contributed by atoms with Gasteiger partial charge in [-0.15, -0.1) is 11.8 Å². The molecular formula is C17H16ClN3OS2. The lowest BCUT2D eigenvalue weighted by Gasteiger charge is -2.19. The fourth-order valence-corrected chi connectivity index (χ4v) is 3.16. The number of thioether (sulfide) groups is 2. The average molecular weight is 378 g/mol. The molecule has 0 saturated carbocycles. The largest absolute Gasteiger partial charge is 0.306 e. The zero-order valence-electron chi connectivity index (χ0n) is 13.3. The van der Waals surface area contributed by atoms with Crippen molar-refractivity contribution in [2.24, 2.45) is 4.51 Å². The SMILES string of the molecule is C=C(S/C(=N\Cl)c1cccnc1)N(C)C(=O)c1ccc(SC)cc1. The molecule has 4 nitrogen and oxygen atoms in total. The zero-order chi connectivity index (χ0) is 17.5. The Labute approximate surface area is 155 Å². The second kappa shape index (κ2) is 8.92. The number of halogens is 1. The summed E-state index contributed by atoms with van der Waals surface area (Å²) in [6, 6.07) is 11.1. The number of carbonyl (C=O) groups is 1. The van der Waals surface area contributed by atoms with Crippen LogP contribution in [-0.4, -0.2) is 34.1 Å². The summed E-state index contributed by atoms with van der Waals surface area (Å²) in [6.07, 6.45) is 5.32. The van der Waals surface area contributed by atoms with Gasteiger partial charge in [-0.1, -0.05) is 18.3 Å². The molecule has 2 aromatic rings. The maximum atomic E-state index is 12.6.